The molecule has 1 aromatic rings. The molecular formula is C14H15FO. The predicted molar refractivity (Wildman–Crippen MR) is 63.2 cm³/mol. The van der Waals surface area contributed by atoms with Crippen LogP contribution in [0, 0.1) is 6.92 Å². The van der Waals surface area contributed by atoms with Crippen LogP contribution < -0.4 is 4.74 Å². The highest BCUT2D eigenvalue weighted by atomic mass is 19.1. The quantitative estimate of drug-likeness (QED) is 0.746. The summed E-state index contributed by atoms with van der Waals surface area (Å²) in [7, 11) is 0. The van der Waals surface area contributed by atoms with Crippen LogP contribution in [0.3, 0.4) is 0 Å². The maximum atomic E-state index is 13.0. The Morgan fingerprint density at radius 3 is 2.69 bits per heavy atom. The van der Waals surface area contributed by atoms with Gasteiger partial charge in [-0.1, -0.05) is 23.8 Å². The summed E-state index contributed by atoms with van der Waals surface area (Å²) in [6.45, 7) is 2.47. The fourth-order valence-electron chi connectivity index (χ4n) is 1.63. The standard InChI is InChI=1S/C14H15FO/c1-11-5-7-14(8-6-11)16-10-12-3-2-4-13(15)9-12/h3,5-9H,2,4,10H2,1H3. The van der Waals surface area contributed by atoms with E-state index in [9.17, 15) is 4.39 Å². The van der Waals surface area contributed by atoms with Crippen molar-refractivity contribution in [3.8, 4) is 5.75 Å². The molecule has 16 heavy (non-hydrogen) atoms. The SMILES string of the molecule is Cc1ccc(OCC2=CCCC(F)=C2)cc1. The minimum absolute atomic E-state index is 0.0509. The molecule has 2 rings (SSSR count). The second-order valence-electron chi connectivity index (χ2n) is 4.01. The Labute approximate surface area is 95.2 Å². The lowest BCUT2D eigenvalue weighted by molar-refractivity contribution is 0.353. The molecule has 1 aromatic carbocycles. The van der Waals surface area contributed by atoms with Crippen LogP contribution in [0.2, 0.25) is 0 Å². The largest absolute Gasteiger partial charge is 0.489 e. The average Bonchev–Trinajstić information content (AvgIpc) is 2.28. The fourth-order valence-corrected chi connectivity index (χ4v) is 1.63. The number of rotatable bonds is 3. The lowest BCUT2D eigenvalue weighted by Crippen LogP contribution is -2.02. The molecule has 0 bridgehead atoms. The molecule has 0 unspecified atom stereocenters. The Morgan fingerprint density at radius 2 is 2.00 bits per heavy atom. The van der Waals surface area contributed by atoms with Gasteiger partial charge in [-0.3, -0.25) is 0 Å². The molecule has 84 valence electrons. The van der Waals surface area contributed by atoms with Crippen LogP contribution in [0.5, 0.6) is 5.75 Å². The molecule has 0 saturated carbocycles. The van der Waals surface area contributed by atoms with Crippen molar-refractivity contribution in [1.82, 2.24) is 0 Å². The molecule has 0 saturated heterocycles. The van der Waals surface area contributed by atoms with Gasteiger partial charge in [0.25, 0.3) is 0 Å². The third kappa shape index (κ3) is 2.96. The summed E-state index contributed by atoms with van der Waals surface area (Å²) in [5.41, 5.74) is 2.12. The summed E-state index contributed by atoms with van der Waals surface area (Å²) in [5.74, 6) is 0.774. The normalized spacial score (nSPS) is 15.4. The van der Waals surface area contributed by atoms with Crippen LogP contribution in [0.25, 0.3) is 0 Å². The molecule has 0 fully saturated rings. The van der Waals surface area contributed by atoms with Gasteiger partial charge in [-0.2, -0.15) is 0 Å². The monoisotopic (exact) mass is 218 g/mol. The Balaban J connectivity index is 1.92. The van der Waals surface area contributed by atoms with E-state index in [1.165, 1.54) is 5.56 Å². The van der Waals surface area contributed by atoms with Crippen LogP contribution in [0.1, 0.15) is 18.4 Å². The van der Waals surface area contributed by atoms with Crippen LogP contribution in [-0.2, 0) is 0 Å². The summed E-state index contributed by atoms with van der Waals surface area (Å²) in [5, 5.41) is 0. The van der Waals surface area contributed by atoms with Gasteiger partial charge in [-0.25, -0.2) is 4.39 Å². The van der Waals surface area contributed by atoms with Crippen LogP contribution >= 0.6 is 0 Å². The van der Waals surface area contributed by atoms with Crippen molar-refractivity contribution < 1.29 is 9.13 Å². The van der Waals surface area contributed by atoms with Crippen molar-refractivity contribution >= 4 is 0 Å². The van der Waals surface area contributed by atoms with Gasteiger partial charge in [0.15, 0.2) is 0 Å². The Hall–Kier alpha value is -1.57. The van der Waals surface area contributed by atoms with Crippen molar-refractivity contribution in [1.29, 1.82) is 0 Å². The highest BCUT2D eigenvalue weighted by Crippen LogP contribution is 2.19. The number of aryl methyl sites for hydroxylation is 1. The topological polar surface area (TPSA) is 9.23 Å². The highest BCUT2D eigenvalue weighted by Gasteiger charge is 2.05. The molecule has 0 aliphatic heterocycles. The first-order valence-electron chi connectivity index (χ1n) is 5.48. The summed E-state index contributed by atoms with van der Waals surface area (Å²) < 4.78 is 18.5. The van der Waals surface area contributed by atoms with E-state index >= 15 is 0 Å². The predicted octanol–water partition coefficient (Wildman–Crippen LogP) is 3.95. The van der Waals surface area contributed by atoms with E-state index in [1.54, 1.807) is 6.08 Å². The number of ether oxygens (including phenoxy) is 1. The molecule has 0 radical (unpaired) electrons. The fraction of sp³-hybridized carbons (Fsp3) is 0.286. The Bertz CT molecular complexity index is 415. The van der Waals surface area contributed by atoms with Gasteiger partial charge in [0.1, 0.15) is 18.2 Å². The zero-order valence-electron chi connectivity index (χ0n) is 9.37. The average molecular weight is 218 g/mol. The minimum Gasteiger partial charge on any atom is -0.489 e. The van der Waals surface area contributed by atoms with Gasteiger partial charge in [0.2, 0.25) is 0 Å². The van der Waals surface area contributed by atoms with Crippen molar-refractivity contribution in [3.05, 3.63) is 53.4 Å². The smallest absolute Gasteiger partial charge is 0.119 e. The molecule has 0 spiro atoms. The van der Waals surface area contributed by atoms with Gasteiger partial charge < -0.3 is 4.74 Å². The molecule has 0 aromatic heterocycles. The third-order valence-electron chi connectivity index (χ3n) is 2.56. The zero-order valence-corrected chi connectivity index (χ0v) is 9.37. The van der Waals surface area contributed by atoms with Crippen molar-refractivity contribution in [3.63, 3.8) is 0 Å². The number of halogens is 1. The maximum Gasteiger partial charge on any atom is 0.119 e. The molecule has 0 atom stereocenters. The van der Waals surface area contributed by atoms with Gasteiger partial charge in [-0.15, -0.1) is 0 Å². The number of hydrogen-bond donors (Lipinski definition) is 0. The molecule has 2 heteroatoms. The first-order valence-corrected chi connectivity index (χ1v) is 5.48. The molecule has 0 amide bonds. The van der Waals surface area contributed by atoms with Gasteiger partial charge in [0.05, 0.1) is 0 Å². The molecular weight excluding hydrogens is 203 g/mol. The minimum atomic E-state index is -0.0509. The maximum absolute atomic E-state index is 13.0. The molecule has 1 aliphatic carbocycles. The van der Waals surface area contributed by atoms with E-state index in [4.69, 9.17) is 4.74 Å². The van der Waals surface area contributed by atoms with E-state index in [2.05, 4.69) is 0 Å². The first kappa shape index (κ1) is 10.9. The molecule has 1 aliphatic rings. The van der Waals surface area contributed by atoms with Crippen molar-refractivity contribution in [2.24, 2.45) is 0 Å². The molecule has 1 nitrogen and oxygen atoms in total. The number of hydrogen-bond acceptors (Lipinski definition) is 1. The van der Waals surface area contributed by atoms with Crippen LogP contribution in [-0.4, -0.2) is 6.61 Å². The van der Waals surface area contributed by atoms with Crippen molar-refractivity contribution in [2.75, 3.05) is 6.61 Å². The summed E-state index contributed by atoms with van der Waals surface area (Å²) in [4.78, 5) is 0. The van der Waals surface area contributed by atoms with Crippen molar-refractivity contribution in [2.45, 2.75) is 19.8 Å². The van der Waals surface area contributed by atoms with Gasteiger partial charge in [-0.05, 0) is 37.1 Å². The first-order chi connectivity index (χ1) is 7.74. The van der Waals surface area contributed by atoms with E-state index in [-0.39, 0.29) is 5.83 Å². The van der Waals surface area contributed by atoms with Gasteiger partial charge in [0, 0.05) is 6.42 Å². The van der Waals surface area contributed by atoms with E-state index in [0.717, 1.165) is 17.7 Å². The lowest BCUT2D eigenvalue weighted by atomic mass is 10.1. The highest BCUT2D eigenvalue weighted by molar-refractivity contribution is 5.29. The van der Waals surface area contributed by atoms with E-state index in [0.29, 0.717) is 13.0 Å². The second kappa shape index (κ2) is 4.97. The van der Waals surface area contributed by atoms with Crippen LogP contribution in [0.15, 0.2) is 47.8 Å². The third-order valence-corrected chi connectivity index (χ3v) is 2.56. The number of allylic oxidation sites excluding steroid dienone is 2. The van der Waals surface area contributed by atoms with E-state index in [1.807, 2.05) is 37.3 Å². The van der Waals surface area contributed by atoms with E-state index < -0.39 is 0 Å². The molecule has 0 heterocycles. The number of benzene rings is 1. The Morgan fingerprint density at radius 1 is 1.25 bits per heavy atom. The second-order valence-corrected chi connectivity index (χ2v) is 4.01. The molecule has 0 N–H and O–H groups in total. The summed E-state index contributed by atoms with van der Waals surface area (Å²) >= 11 is 0. The Kier molecular flexibility index (Phi) is 3.40. The lowest BCUT2D eigenvalue weighted by Gasteiger charge is -2.10. The van der Waals surface area contributed by atoms with Gasteiger partial charge >= 0.3 is 0 Å². The summed E-state index contributed by atoms with van der Waals surface area (Å²) in [6.07, 6.45) is 4.89. The summed E-state index contributed by atoms with van der Waals surface area (Å²) in [6, 6.07) is 7.86. The van der Waals surface area contributed by atoms with Crippen LogP contribution in [0.4, 0.5) is 4.39 Å². The zero-order chi connectivity index (χ0) is 11.4.